The van der Waals surface area contributed by atoms with Crippen molar-refractivity contribution in [3.8, 4) is 0 Å². The fourth-order valence-corrected chi connectivity index (χ4v) is 3.03. The van der Waals surface area contributed by atoms with Crippen LogP contribution in [0.2, 0.25) is 0 Å². The molecule has 0 spiro atoms. The first kappa shape index (κ1) is 10.9. The van der Waals surface area contributed by atoms with Crippen LogP contribution in [0.15, 0.2) is 6.20 Å². The Morgan fingerprint density at radius 1 is 1.53 bits per heavy atom. The van der Waals surface area contributed by atoms with Crippen LogP contribution < -0.4 is 5.32 Å². The Bertz CT molecular complexity index is 316. The molecule has 1 aliphatic rings. The minimum atomic E-state index is 0.623. The van der Waals surface area contributed by atoms with E-state index in [4.69, 9.17) is 0 Å². The van der Waals surface area contributed by atoms with Crippen molar-refractivity contribution in [3.05, 3.63) is 11.9 Å². The van der Waals surface area contributed by atoms with Gasteiger partial charge in [-0.1, -0.05) is 0 Å². The van der Waals surface area contributed by atoms with Crippen LogP contribution in [0.4, 0.5) is 5.95 Å². The quantitative estimate of drug-likeness (QED) is 0.857. The zero-order valence-corrected chi connectivity index (χ0v) is 10.3. The van der Waals surface area contributed by atoms with Crippen LogP contribution in [0.25, 0.3) is 0 Å². The Hall–Kier alpha value is -0.640. The number of nitrogens with one attached hydrogen (secondary N) is 1. The Morgan fingerprint density at radius 2 is 2.27 bits per heavy atom. The highest BCUT2D eigenvalue weighted by Crippen LogP contribution is 2.20. The van der Waals surface area contributed by atoms with Gasteiger partial charge in [-0.05, 0) is 38.2 Å². The lowest BCUT2D eigenvalue weighted by molar-refractivity contribution is 0.646. The first-order chi connectivity index (χ1) is 7.29. The molecule has 0 aliphatic carbocycles. The lowest BCUT2D eigenvalue weighted by Crippen LogP contribution is -2.26. The SMILES string of the molecule is CCn1cc(C)nc1NC1CCSCC1. The molecular formula is C11H19N3S. The highest BCUT2D eigenvalue weighted by molar-refractivity contribution is 7.99. The molecule has 0 unspecified atom stereocenters. The van der Waals surface area contributed by atoms with Crippen LogP contribution >= 0.6 is 11.8 Å². The lowest BCUT2D eigenvalue weighted by Gasteiger charge is -2.23. The summed E-state index contributed by atoms with van der Waals surface area (Å²) in [6, 6.07) is 0.623. The molecule has 0 aromatic carbocycles. The molecule has 3 nitrogen and oxygen atoms in total. The second kappa shape index (κ2) is 4.92. The van der Waals surface area contributed by atoms with Crippen LogP contribution in [-0.4, -0.2) is 27.1 Å². The summed E-state index contributed by atoms with van der Waals surface area (Å²) in [4.78, 5) is 4.52. The molecular weight excluding hydrogens is 206 g/mol. The smallest absolute Gasteiger partial charge is 0.203 e. The predicted octanol–water partition coefficient (Wildman–Crippen LogP) is 2.52. The molecule has 1 aromatic heterocycles. The van der Waals surface area contributed by atoms with Crippen molar-refractivity contribution >= 4 is 17.7 Å². The number of aromatic nitrogens is 2. The molecule has 15 heavy (non-hydrogen) atoms. The van der Waals surface area contributed by atoms with Crippen LogP contribution in [0, 0.1) is 6.92 Å². The number of aryl methyl sites for hydroxylation is 2. The van der Waals surface area contributed by atoms with Crippen LogP contribution in [-0.2, 0) is 6.54 Å². The van der Waals surface area contributed by atoms with Crippen molar-refractivity contribution in [2.45, 2.75) is 39.3 Å². The summed E-state index contributed by atoms with van der Waals surface area (Å²) in [5.41, 5.74) is 1.10. The van der Waals surface area contributed by atoms with E-state index in [-0.39, 0.29) is 0 Å². The molecule has 0 amide bonds. The third-order valence-corrected chi connectivity index (χ3v) is 3.84. The van der Waals surface area contributed by atoms with Gasteiger partial charge in [0, 0.05) is 18.8 Å². The monoisotopic (exact) mass is 225 g/mol. The number of thioether (sulfide) groups is 1. The number of hydrogen-bond acceptors (Lipinski definition) is 3. The van der Waals surface area contributed by atoms with Gasteiger partial charge in [-0.15, -0.1) is 0 Å². The molecule has 1 aromatic rings. The van der Waals surface area contributed by atoms with Gasteiger partial charge in [0.15, 0.2) is 0 Å². The minimum Gasteiger partial charge on any atom is -0.353 e. The lowest BCUT2D eigenvalue weighted by atomic mass is 10.2. The van der Waals surface area contributed by atoms with E-state index in [1.54, 1.807) is 0 Å². The molecule has 0 atom stereocenters. The standard InChI is InChI=1S/C11H19N3S/c1-3-14-8-9(2)12-11(14)13-10-4-6-15-7-5-10/h8,10H,3-7H2,1-2H3,(H,12,13). The Labute approximate surface area is 95.7 Å². The van der Waals surface area contributed by atoms with Crippen molar-refractivity contribution in [3.63, 3.8) is 0 Å². The number of hydrogen-bond donors (Lipinski definition) is 1. The van der Waals surface area contributed by atoms with E-state index >= 15 is 0 Å². The maximum atomic E-state index is 4.52. The summed E-state index contributed by atoms with van der Waals surface area (Å²) >= 11 is 2.06. The fourth-order valence-electron chi connectivity index (χ4n) is 1.93. The minimum absolute atomic E-state index is 0.623. The van der Waals surface area contributed by atoms with Gasteiger partial charge in [-0.2, -0.15) is 11.8 Å². The van der Waals surface area contributed by atoms with E-state index in [1.165, 1.54) is 24.3 Å². The molecule has 1 fully saturated rings. The Morgan fingerprint density at radius 3 is 2.93 bits per heavy atom. The second-order valence-corrected chi connectivity index (χ2v) is 5.25. The van der Waals surface area contributed by atoms with Gasteiger partial charge in [-0.25, -0.2) is 4.98 Å². The molecule has 1 N–H and O–H groups in total. The van der Waals surface area contributed by atoms with Crippen molar-refractivity contribution in [1.29, 1.82) is 0 Å². The first-order valence-electron chi connectivity index (χ1n) is 5.67. The zero-order chi connectivity index (χ0) is 10.7. The molecule has 4 heteroatoms. The number of anilines is 1. The van der Waals surface area contributed by atoms with Crippen LogP contribution in [0.5, 0.6) is 0 Å². The third kappa shape index (κ3) is 2.68. The van der Waals surface area contributed by atoms with Gasteiger partial charge in [0.05, 0.1) is 5.69 Å². The summed E-state index contributed by atoms with van der Waals surface area (Å²) in [7, 11) is 0. The molecule has 0 saturated carbocycles. The molecule has 84 valence electrons. The number of rotatable bonds is 3. The largest absolute Gasteiger partial charge is 0.353 e. The maximum Gasteiger partial charge on any atom is 0.203 e. The van der Waals surface area contributed by atoms with Crippen LogP contribution in [0.1, 0.15) is 25.5 Å². The highest BCUT2D eigenvalue weighted by atomic mass is 32.2. The van der Waals surface area contributed by atoms with Gasteiger partial charge >= 0.3 is 0 Å². The summed E-state index contributed by atoms with van der Waals surface area (Å²) in [6.07, 6.45) is 4.64. The van der Waals surface area contributed by atoms with Crippen molar-refractivity contribution in [2.75, 3.05) is 16.8 Å². The van der Waals surface area contributed by atoms with E-state index in [2.05, 4.69) is 39.8 Å². The summed E-state index contributed by atoms with van der Waals surface area (Å²) in [6.45, 7) is 5.20. The van der Waals surface area contributed by atoms with E-state index in [9.17, 15) is 0 Å². The summed E-state index contributed by atoms with van der Waals surface area (Å²) < 4.78 is 2.19. The van der Waals surface area contributed by atoms with E-state index < -0.39 is 0 Å². The van der Waals surface area contributed by atoms with E-state index in [0.717, 1.165) is 18.2 Å². The van der Waals surface area contributed by atoms with E-state index in [0.29, 0.717) is 6.04 Å². The van der Waals surface area contributed by atoms with Crippen molar-refractivity contribution < 1.29 is 0 Å². The zero-order valence-electron chi connectivity index (χ0n) is 9.49. The maximum absolute atomic E-state index is 4.52. The average Bonchev–Trinajstić information content (AvgIpc) is 2.60. The van der Waals surface area contributed by atoms with Gasteiger partial charge in [0.1, 0.15) is 0 Å². The normalized spacial score (nSPS) is 18.0. The molecule has 2 heterocycles. The second-order valence-electron chi connectivity index (χ2n) is 4.02. The fraction of sp³-hybridized carbons (Fsp3) is 0.727. The van der Waals surface area contributed by atoms with Gasteiger partial charge in [0.2, 0.25) is 5.95 Å². The summed E-state index contributed by atoms with van der Waals surface area (Å²) in [5.74, 6) is 3.61. The molecule has 1 saturated heterocycles. The van der Waals surface area contributed by atoms with Crippen molar-refractivity contribution in [1.82, 2.24) is 9.55 Å². The van der Waals surface area contributed by atoms with Gasteiger partial charge in [0.25, 0.3) is 0 Å². The summed E-state index contributed by atoms with van der Waals surface area (Å²) in [5, 5.41) is 3.56. The Kier molecular flexibility index (Phi) is 3.57. The first-order valence-corrected chi connectivity index (χ1v) is 6.83. The molecule has 1 aliphatic heterocycles. The molecule has 0 bridgehead atoms. The van der Waals surface area contributed by atoms with E-state index in [1.807, 2.05) is 6.92 Å². The third-order valence-electron chi connectivity index (χ3n) is 2.79. The highest BCUT2D eigenvalue weighted by Gasteiger charge is 2.15. The average molecular weight is 225 g/mol. The predicted molar refractivity (Wildman–Crippen MR) is 66.6 cm³/mol. The molecule has 2 rings (SSSR count). The van der Waals surface area contributed by atoms with Gasteiger partial charge < -0.3 is 9.88 Å². The number of nitrogens with zero attached hydrogens (tertiary/aromatic N) is 2. The topological polar surface area (TPSA) is 29.9 Å². The van der Waals surface area contributed by atoms with Gasteiger partial charge in [-0.3, -0.25) is 0 Å². The number of imidazole rings is 1. The molecule has 0 radical (unpaired) electrons. The van der Waals surface area contributed by atoms with Crippen LogP contribution in [0.3, 0.4) is 0 Å². The Balaban J connectivity index is 2.02. The van der Waals surface area contributed by atoms with Crippen molar-refractivity contribution in [2.24, 2.45) is 0 Å².